The van der Waals surface area contributed by atoms with Crippen molar-refractivity contribution in [3.63, 3.8) is 0 Å². The molecule has 0 saturated heterocycles. The summed E-state index contributed by atoms with van der Waals surface area (Å²) < 4.78 is 0. The average molecular weight is 299 g/mol. The molecular weight excluding hydrogens is 280 g/mol. The Morgan fingerprint density at radius 3 is 2.89 bits per heavy atom. The van der Waals surface area contributed by atoms with Crippen molar-refractivity contribution < 1.29 is 4.79 Å². The molecule has 1 aliphatic rings. The van der Waals surface area contributed by atoms with Crippen LogP contribution in [-0.2, 0) is 6.54 Å². The number of hydrogen-bond acceptors (Lipinski definition) is 3. The minimum Gasteiger partial charge on any atom is -0.366 e. The molecule has 104 valence electrons. The van der Waals surface area contributed by atoms with E-state index in [1.54, 1.807) is 12.1 Å². The van der Waals surface area contributed by atoms with Crippen LogP contribution in [0.1, 0.15) is 35.2 Å². The lowest BCUT2D eigenvalue weighted by molar-refractivity contribution is 0.100. The number of amides is 1. The zero-order valence-electron chi connectivity index (χ0n) is 11.0. The number of rotatable bonds is 5. The van der Waals surface area contributed by atoms with E-state index in [2.05, 4.69) is 11.6 Å². The van der Waals surface area contributed by atoms with Gasteiger partial charge in [0.25, 0.3) is 0 Å². The lowest BCUT2D eigenvalue weighted by Crippen LogP contribution is -2.26. The van der Waals surface area contributed by atoms with Crippen molar-refractivity contribution in [2.75, 3.05) is 6.26 Å². The van der Waals surface area contributed by atoms with E-state index < -0.39 is 5.91 Å². The molecule has 1 aromatic rings. The van der Waals surface area contributed by atoms with E-state index in [-0.39, 0.29) is 0 Å². The van der Waals surface area contributed by atoms with Gasteiger partial charge < -0.3 is 11.1 Å². The van der Waals surface area contributed by atoms with Crippen molar-refractivity contribution in [3.8, 4) is 0 Å². The predicted molar refractivity (Wildman–Crippen MR) is 81.8 cm³/mol. The number of carbonyl (C=O) groups is 1. The van der Waals surface area contributed by atoms with Crippen LogP contribution in [-0.4, -0.2) is 23.5 Å². The molecular formula is C14H19ClN2OS. The van der Waals surface area contributed by atoms with Gasteiger partial charge in [0.1, 0.15) is 0 Å². The molecule has 1 amide bonds. The third-order valence-corrected chi connectivity index (χ3v) is 5.08. The fraction of sp³-hybridized carbons (Fsp3) is 0.500. The van der Waals surface area contributed by atoms with Crippen molar-refractivity contribution in [3.05, 3.63) is 34.3 Å². The van der Waals surface area contributed by atoms with Crippen LogP contribution in [0.15, 0.2) is 18.2 Å². The Kier molecular flexibility index (Phi) is 5.13. The molecule has 5 heteroatoms. The Labute approximate surface area is 123 Å². The standard InChI is InChI=1S/C14H19ClN2OS/c1-19-12-5-4-11(7-12)17-8-10-3-2-9(14(16)18)6-13(10)15/h2-3,6,11-12,17H,4-5,7-8H2,1H3,(H2,16,18). The quantitative estimate of drug-likeness (QED) is 0.879. The second kappa shape index (κ2) is 6.64. The van der Waals surface area contributed by atoms with Gasteiger partial charge in [-0.15, -0.1) is 0 Å². The molecule has 2 rings (SSSR count). The maximum Gasteiger partial charge on any atom is 0.248 e. The van der Waals surface area contributed by atoms with Crippen molar-refractivity contribution in [2.24, 2.45) is 5.73 Å². The summed E-state index contributed by atoms with van der Waals surface area (Å²) in [4.78, 5) is 11.0. The topological polar surface area (TPSA) is 55.1 Å². The summed E-state index contributed by atoms with van der Waals surface area (Å²) in [6.45, 7) is 0.740. The number of thioether (sulfide) groups is 1. The van der Waals surface area contributed by atoms with Crippen LogP contribution in [0.5, 0.6) is 0 Å². The third kappa shape index (κ3) is 3.88. The number of halogens is 1. The summed E-state index contributed by atoms with van der Waals surface area (Å²) in [5.74, 6) is -0.444. The second-order valence-corrected chi connectivity index (χ2v) is 6.46. The fourth-order valence-corrected chi connectivity index (χ4v) is 3.48. The lowest BCUT2D eigenvalue weighted by Gasteiger charge is -2.13. The normalized spacial score (nSPS) is 22.6. The van der Waals surface area contributed by atoms with Gasteiger partial charge in [-0.25, -0.2) is 0 Å². The molecule has 0 radical (unpaired) electrons. The summed E-state index contributed by atoms with van der Waals surface area (Å²) in [7, 11) is 0. The smallest absolute Gasteiger partial charge is 0.248 e. The zero-order chi connectivity index (χ0) is 13.8. The summed E-state index contributed by atoms with van der Waals surface area (Å²) in [6.07, 6.45) is 5.90. The highest BCUT2D eigenvalue weighted by molar-refractivity contribution is 7.99. The van der Waals surface area contributed by atoms with Gasteiger partial charge in [0.2, 0.25) is 5.91 Å². The summed E-state index contributed by atoms with van der Waals surface area (Å²) in [6, 6.07) is 5.81. The minimum atomic E-state index is -0.444. The van der Waals surface area contributed by atoms with Gasteiger partial charge in [-0.05, 0) is 43.2 Å². The number of nitrogens with two attached hydrogens (primary N) is 1. The summed E-state index contributed by atoms with van der Waals surface area (Å²) in [5, 5.41) is 4.92. The molecule has 3 nitrogen and oxygen atoms in total. The average Bonchev–Trinajstić information content (AvgIpc) is 2.85. The van der Waals surface area contributed by atoms with E-state index in [0.29, 0.717) is 16.6 Å². The van der Waals surface area contributed by atoms with Gasteiger partial charge in [0, 0.05) is 28.4 Å². The first-order valence-electron chi connectivity index (χ1n) is 6.44. The van der Waals surface area contributed by atoms with Gasteiger partial charge >= 0.3 is 0 Å². The Morgan fingerprint density at radius 2 is 2.32 bits per heavy atom. The Hall–Kier alpha value is -0.710. The summed E-state index contributed by atoms with van der Waals surface area (Å²) >= 11 is 8.11. The molecule has 1 aromatic carbocycles. The number of benzene rings is 1. The molecule has 0 heterocycles. The number of hydrogen-bond donors (Lipinski definition) is 2. The molecule has 3 N–H and O–H groups in total. The maximum absolute atomic E-state index is 11.0. The first-order chi connectivity index (χ1) is 9.10. The number of primary amides is 1. The largest absolute Gasteiger partial charge is 0.366 e. The van der Waals surface area contributed by atoms with Crippen molar-refractivity contribution in [2.45, 2.75) is 37.1 Å². The summed E-state index contributed by atoms with van der Waals surface area (Å²) in [5.41, 5.74) is 6.69. The van der Waals surface area contributed by atoms with Crippen LogP contribution in [0.25, 0.3) is 0 Å². The van der Waals surface area contributed by atoms with E-state index in [9.17, 15) is 4.79 Å². The highest BCUT2D eigenvalue weighted by Gasteiger charge is 2.23. The van der Waals surface area contributed by atoms with Crippen LogP contribution < -0.4 is 11.1 Å². The van der Waals surface area contributed by atoms with Gasteiger partial charge in [0.15, 0.2) is 0 Å². The van der Waals surface area contributed by atoms with Crippen molar-refractivity contribution in [1.82, 2.24) is 5.32 Å². The number of carbonyl (C=O) groups excluding carboxylic acids is 1. The third-order valence-electron chi connectivity index (χ3n) is 3.64. The van der Waals surface area contributed by atoms with Crippen molar-refractivity contribution >= 4 is 29.3 Å². The van der Waals surface area contributed by atoms with Crippen molar-refractivity contribution in [1.29, 1.82) is 0 Å². The van der Waals surface area contributed by atoms with E-state index in [0.717, 1.165) is 17.4 Å². The lowest BCUT2D eigenvalue weighted by atomic mass is 10.1. The van der Waals surface area contributed by atoms with Gasteiger partial charge in [-0.3, -0.25) is 4.79 Å². The minimum absolute atomic E-state index is 0.444. The highest BCUT2D eigenvalue weighted by Crippen LogP contribution is 2.28. The second-order valence-electron chi connectivity index (χ2n) is 4.92. The molecule has 2 unspecified atom stereocenters. The van der Waals surface area contributed by atoms with E-state index in [1.165, 1.54) is 19.3 Å². The number of nitrogens with one attached hydrogen (secondary N) is 1. The molecule has 0 aliphatic heterocycles. The van der Waals surface area contributed by atoms with Gasteiger partial charge in [-0.2, -0.15) is 11.8 Å². The first-order valence-corrected chi connectivity index (χ1v) is 8.11. The van der Waals surface area contributed by atoms with Crippen LogP contribution in [0.2, 0.25) is 5.02 Å². The monoisotopic (exact) mass is 298 g/mol. The van der Waals surface area contributed by atoms with Crippen LogP contribution >= 0.6 is 23.4 Å². The first kappa shape index (κ1) is 14.7. The molecule has 19 heavy (non-hydrogen) atoms. The molecule has 0 bridgehead atoms. The highest BCUT2D eigenvalue weighted by atomic mass is 35.5. The van der Waals surface area contributed by atoms with Crippen LogP contribution in [0, 0.1) is 0 Å². The van der Waals surface area contributed by atoms with Crippen LogP contribution in [0.4, 0.5) is 0 Å². The SMILES string of the molecule is CSC1CCC(NCc2ccc(C(N)=O)cc2Cl)C1. The van der Waals surface area contributed by atoms with E-state index >= 15 is 0 Å². The Morgan fingerprint density at radius 1 is 1.53 bits per heavy atom. The molecule has 1 aliphatic carbocycles. The Bertz CT molecular complexity index is 467. The molecule has 1 fully saturated rings. The van der Waals surface area contributed by atoms with E-state index in [1.807, 2.05) is 17.8 Å². The predicted octanol–water partition coefficient (Wildman–Crippen LogP) is 2.81. The molecule has 0 spiro atoms. The molecule has 2 atom stereocenters. The Balaban J connectivity index is 1.91. The van der Waals surface area contributed by atoms with Gasteiger partial charge in [0.05, 0.1) is 0 Å². The fourth-order valence-electron chi connectivity index (χ4n) is 2.44. The maximum atomic E-state index is 11.0. The van der Waals surface area contributed by atoms with E-state index in [4.69, 9.17) is 17.3 Å². The molecule has 1 saturated carbocycles. The van der Waals surface area contributed by atoms with Crippen LogP contribution in [0.3, 0.4) is 0 Å². The van der Waals surface area contributed by atoms with Gasteiger partial charge in [-0.1, -0.05) is 17.7 Å². The molecule has 0 aromatic heterocycles. The zero-order valence-corrected chi connectivity index (χ0v) is 12.6.